The highest BCUT2D eigenvalue weighted by atomic mass is 35.5. The highest BCUT2D eigenvalue weighted by Crippen LogP contribution is 2.26. The zero-order valence-electron chi connectivity index (χ0n) is 18.4. The maximum Gasteiger partial charge on any atom is 0.243 e. The molecule has 1 saturated heterocycles. The Hall–Kier alpha value is -2.97. The van der Waals surface area contributed by atoms with Gasteiger partial charge in [0.25, 0.3) is 0 Å². The lowest BCUT2D eigenvalue weighted by atomic mass is 10.1. The van der Waals surface area contributed by atoms with E-state index in [1.165, 1.54) is 22.5 Å². The minimum atomic E-state index is -3.61. The Balaban J connectivity index is 1.48. The molecule has 0 spiro atoms. The lowest BCUT2D eigenvalue weighted by Crippen LogP contribution is -2.39. The smallest absolute Gasteiger partial charge is 0.243 e. The van der Waals surface area contributed by atoms with Crippen molar-refractivity contribution < 1.29 is 18.3 Å². The van der Waals surface area contributed by atoms with E-state index in [0.29, 0.717) is 47.8 Å². The molecule has 0 amide bonds. The molecular weight excluding hydrogens is 472 g/mol. The van der Waals surface area contributed by atoms with Gasteiger partial charge in [-0.15, -0.1) is 0 Å². The molecule has 4 rings (SSSR count). The maximum atomic E-state index is 12.9. The van der Waals surface area contributed by atoms with Crippen LogP contribution < -0.4 is 5.32 Å². The molecule has 1 aliphatic heterocycles. The van der Waals surface area contributed by atoms with Crippen molar-refractivity contribution >= 4 is 44.9 Å². The third-order valence-electron chi connectivity index (χ3n) is 5.67. The molecule has 1 fully saturated rings. The number of ketones is 1. The first-order chi connectivity index (χ1) is 16.3. The van der Waals surface area contributed by atoms with Crippen molar-refractivity contribution in [2.24, 2.45) is 0 Å². The van der Waals surface area contributed by atoms with E-state index in [1.54, 1.807) is 36.4 Å². The minimum absolute atomic E-state index is 0.194. The number of aliphatic hydroxyl groups is 1. The Kier molecular flexibility index (Phi) is 7.48. The number of piperidine rings is 1. The van der Waals surface area contributed by atoms with Gasteiger partial charge in [-0.2, -0.15) is 4.31 Å². The number of hydrogen-bond acceptors (Lipinski definition) is 5. The van der Waals surface area contributed by atoms with E-state index in [1.807, 2.05) is 30.3 Å². The van der Waals surface area contributed by atoms with Crippen LogP contribution in [0.25, 0.3) is 6.08 Å². The van der Waals surface area contributed by atoms with Crippen LogP contribution in [0.3, 0.4) is 0 Å². The normalized spacial score (nSPS) is 15.5. The van der Waals surface area contributed by atoms with E-state index in [2.05, 4.69) is 5.32 Å². The van der Waals surface area contributed by atoms with Crippen molar-refractivity contribution in [1.29, 1.82) is 0 Å². The number of anilines is 2. The fraction of sp³-hybridized carbons (Fsp3) is 0.192. The van der Waals surface area contributed by atoms with Crippen molar-refractivity contribution in [3.8, 4) is 0 Å². The van der Waals surface area contributed by atoms with Crippen LogP contribution in [0.1, 0.15) is 28.8 Å². The summed E-state index contributed by atoms with van der Waals surface area (Å²) in [6, 6.07) is 20.9. The van der Waals surface area contributed by atoms with Crippen LogP contribution in [0.2, 0.25) is 5.02 Å². The molecule has 1 aliphatic rings. The van der Waals surface area contributed by atoms with Gasteiger partial charge >= 0.3 is 0 Å². The van der Waals surface area contributed by atoms with Crippen LogP contribution in [0.5, 0.6) is 0 Å². The molecule has 3 aromatic carbocycles. The summed E-state index contributed by atoms with van der Waals surface area (Å²) >= 11 is 6.14. The monoisotopic (exact) mass is 496 g/mol. The molecular formula is C26H25ClN2O4S. The quantitative estimate of drug-likeness (QED) is 0.350. The third kappa shape index (κ3) is 5.74. The Morgan fingerprint density at radius 3 is 2.35 bits per heavy atom. The molecule has 0 radical (unpaired) electrons. The molecule has 3 aromatic rings. The lowest BCUT2D eigenvalue weighted by Gasteiger charge is -2.28. The molecule has 1 heterocycles. The molecule has 34 heavy (non-hydrogen) atoms. The number of benzene rings is 3. The van der Waals surface area contributed by atoms with Crippen LogP contribution in [-0.2, 0) is 10.0 Å². The fourth-order valence-corrected chi connectivity index (χ4v) is 5.40. The number of nitrogens with zero attached hydrogens (tertiary/aromatic N) is 1. The second-order valence-corrected chi connectivity index (χ2v) is 10.5. The van der Waals surface area contributed by atoms with E-state index < -0.39 is 16.1 Å². The van der Waals surface area contributed by atoms with Crippen LogP contribution in [-0.4, -0.2) is 42.8 Å². The third-order valence-corrected chi connectivity index (χ3v) is 7.82. The Bertz CT molecular complexity index is 1280. The molecule has 0 atom stereocenters. The largest absolute Gasteiger partial charge is 0.393 e. The molecule has 6 nitrogen and oxygen atoms in total. The molecule has 0 aromatic heterocycles. The highest BCUT2D eigenvalue weighted by Gasteiger charge is 2.28. The molecule has 176 valence electrons. The van der Waals surface area contributed by atoms with Gasteiger partial charge in [-0.05, 0) is 66.9 Å². The van der Waals surface area contributed by atoms with Gasteiger partial charge in [-0.1, -0.05) is 48.0 Å². The molecule has 0 aliphatic carbocycles. The summed E-state index contributed by atoms with van der Waals surface area (Å²) < 4.78 is 27.1. The first-order valence-electron chi connectivity index (χ1n) is 11.0. The Labute approximate surface area is 204 Å². The summed E-state index contributed by atoms with van der Waals surface area (Å²) in [7, 11) is -3.61. The Morgan fingerprint density at radius 2 is 1.68 bits per heavy atom. The predicted octanol–water partition coefficient (Wildman–Crippen LogP) is 5.13. The topological polar surface area (TPSA) is 86.7 Å². The molecule has 2 N–H and O–H groups in total. The van der Waals surface area contributed by atoms with Crippen LogP contribution >= 0.6 is 11.6 Å². The number of sulfonamides is 1. The number of aliphatic hydroxyl groups excluding tert-OH is 1. The summed E-state index contributed by atoms with van der Waals surface area (Å²) in [4.78, 5) is 13.1. The first kappa shape index (κ1) is 24.2. The predicted molar refractivity (Wildman–Crippen MR) is 135 cm³/mol. The number of carbonyl (C=O) groups excluding carboxylic acids is 1. The van der Waals surface area contributed by atoms with E-state index >= 15 is 0 Å². The average molecular weight is 497 g/mol. The zero-order valence-corrected chi connectivity index (χ0v) is 20.0. The van der Waals surface area contributed by atoms with Crippen LogP contribution in [0.15, 0.2) is 83.8 Å². The number of halogens is 1. The van der Waals surface area contributed by atoms with Crippen molar-refractivity contribution in [2.45, 2.75) is 23.8 Å². The number of allylic oxidation sites excluding steroid dienone is 1. The molecule has 8 heteroatoms. The van der Waals surface area contributed by atoms with Gasteiger partial charge in [-0.25, -0.2) is 8.42 Å². The van der Waals surface area contributed by atoms with Crippen molar-refractivity contribution in [3.05, 3.63) is 95.0 Å². The summed E-state index contributed by atoms with van der Waals surface area (Å²) in [5.41, 5.74) is 2.60. The second-order valence-electron chi connectivity index (χ2n) is 8.08. The first-order valence-corrected chi connectivity index (χ1v) is 12.8. The summed E-state index contributed by atoms with van der Waals surface area (Å²) in [6.45, 7) is 0.611. The average Bonchev–Trinajstić information content (AvgIpc) is 2.84. The highest BCUT2D eigenvalue weighted by molar-refractivity contribution is 7.89. The molecule has 0 unspecified atom stereocenters. The summed E-state index contributed by atoms with van der Waals surface area (Å²) in [5.74, 6) is -0.210. The SMILES string of the molecule is O=C(/C=C/c1ccc(S(=O)(=O)N2CCC(O)CC2)cc1)c1ccc(Cl)cc1Nc1ccccc1. The zero-order chi connectivity index (χ0) is 24.1. The fourth-order valence-electron chi connectivity index (χ4n) is 3.76. The number of carbonyl (C=O) groups is 1. The van der Waals surface area contributed by atoms with Crippen molar-refractivity contribution in [1.82, 2.24) is 4.31 Å². The molecule has 0 saturated carbocycles. The van der Waals surface area contributed by atoms with Crippen molar-refractivity contribution in [2.75, 3.05) is 18.4 Å². The molecule has 0 bridgehead atoms. The van der Waals surface area contributed by atoms with Gasteiger partial charge in [0, 0.05) is 29.4 Å². The van der Waals surface area contributed by atoms with Gasteiger partial charge in [0.15, 0.2) is 5.78 Å². The standard InChI is InChI=1S/C26H25ClN2O4S/c27-20-9-12-24(25(18-20)28-21-4-2-1-3-5-21)26(31)13-8-19-6-10-23(11-7-19)34(32,33)29-16-14-22(30)15-17-29/h1-13,18,22,28,30H,14-17H2/b13-8+. The summed E-state index contributed by atoms with van der Waals surface area (Å²) in [5, 5.41) is 13.4. The van der Waals surface area contributed by atoms with E-state index in [4.69, 9.17) is 11.6 Å². The van der Waals surface area contributed by atoms with Gasteiger partial charge < -0.3 is 10.4 Å². The number of para-hydroxylation sites is 1. The van der Waals surface area contributed by atoms with E-state index in [0.717, 1.165) is 5.69 Å². The summed E-state index contributed by atoms with van der Waals surface area (Å²) in [6.07, 6.45) is 3.54. The Morgan fingerprint density at radius 1 is 1.00 bits per heavy atom. The minimum Gasteiger partial charge on any atom is -0.393 e. The van der Waals surface area contributed by atoms with Gasteiger partial charge in [0.2, 0.25) is 10.0 Å². The maximum absolute atomic E-state index is 12.9. The van der Waals surface area contributed by atoms with Gasteiger partial charge in [-0.3, -0.25) is 4.79 Å². The van der Waals surface area contributed by atoms with Crippen LogP contribution in [0, 0.1) is 0 Å². The van der Waals surface area contributed by atoms with E-state index in [-0.39, 0.29) is 10.7 Å². The van der Waals surface area contributed by atoms with E-state index in [9.17, 15) is 18.3 Å². The van der Waals surface area contributed by atoms with Gasteiger partial charge in [0.1, 0.15) is 0 Å². The number of nitrogens with one attached hydrogen (secondary N) is 1. The van der Waals surface area contributed by atoms with Crippen molar-refractivity contribution in [3.63, 3.8) is 0 Å². The number of rotatable bonds is 7. The van der Waals surface area contributed by atoms with Gasteiger partial charge in [0.05, 0.1) is 16.7 Å². The second kappa shape index (κ2) is 10.5. The number of hydrogen-bond donors (Lipinski definition) is 2. The lowest BCUT2D eigenvalue weighted by molar-refractivity contribution is 0.104. The van der Waals surface area contributed by atoms with Crippen LogP contribution in [0.4, 0.5) is 11.4 Å².